The van der Waals surface area contributed by atoms with Gasteiger partial charge in [-0.3, -0.25) is 4.79 Å². The van der Waals surface area contributed by atoms with Gasteiger partial charge in [0.25, 0.3) is 0 Å². The lowest BCUT2D eigenvalue weighted by molar-refractivity contribution is -0.104. The zero-order valence-electron chi connectivity index (χ0n) is 16.7. The highest BCUT2D eigenvalue weighted by Crippen LogP contribution is 2.50. The van der Waals surface area contributed by atoms with Gasteiger partial charge in [-0.05, 0) is 74.4 Å². The second kappa shape index (κ2) is 9.54. The molecule has 0 atom stereocenters. The fourth-order valence-corrected chi connectivity index (χ4v) is 5.24. The first kappa shape index (κ1) is 20.8. The summed E-state index contributed by atoms with van der Waals surface area (Å²) in [5.41, 5.74) is 0.622. The average Bonchev–Trinajstić information content (AvgIpc) is 2.72. The molecule has 2 aliphatic rings. The highest BCUT2D eigenvalue weighted by molar-refractivity contribution is 7.97. The number of aldehydes is 1. The quantitative estimate of drug-likeness (QED) is 0.464. The number of hydrogen-bond acceptors (Lipinski definition) is 6. The molecule has 2 fully saturated rings. The van der Waals surface area contributed by atoms with Gasteiger partial charge >= 0.3 is 0 Å². The summed E-state index contributed by atoms with van der Waals surface area (Å²) in [7, 11) is 3.77. The minimum absolute atomic E-state index is 0.622. The van der Waals surface area contributed by atoms with Crippen molar-refractivity contribution in [2.24, 2.45) is 5.41 Å². The number of nitrogens with zero attached hydrogens (tertiary/aromatic N) is 2. The van der Waals surface area contributed by atoms with Gasteiger partial charge in [-0.1, -0.05) is 12.6 Å². The normalized spacial score (nSPS) is 18.8. The molecule has 1 saturated heterocycles. The van der Waals surface area contributed by atoms with Crippen molar-refractivity contribution < 1.29 is 9.53 Å². The Kier molecular flexibility index (Phi) is 7.10. The van der Waals surface area contributed by atoms with Crippen LogP contribution in [-0.4, -0.2) is 48.9 Å². The van der Waals surface area contributed by atoms with Gasteiger partial charge in [-0.2, -0.15) is 0 Å². The van der Waals surface area contributed by atoms with Crippen molar-refractivity contribution in [3.63, 3.8) is 0 Å². The van der Waals surface area contributed by atoms with Crippen LogP contribution in [-0.2, 0) is 4.79 Å². The average molecular weight is 400 g/mol. The van der Waals surface area contributed by atoms with E-state index in [9.17, 15) is 0 Å². The highest BCUT2D eigenvalue weighted by atomic mass is 32.2. The van der Waals surface area contributed by atoms with Crippen LogP contribution in [0.1, 0.15) is 25.7 Å². The van der Waals surface area contributed by atoms with Gasteiger partial charge in [-0.15, -0.1) is 0 Å². The van der Waals surface area contributed by atoms with Crippen LogP contribution in [0.3, 0.4) is 0 Å². The number of allylic oxidation sites excluding steroid dienone is 1. The molecule has 1 aliphatic carbocycles. The fourth-order valence-electron chi connectivity index (χ4n) is 4.18. The lowest BCUT2D eigenvalue weighted by atomic mass is 9.61. The molecule has 0 amide bonds. The molecule has 1 aromatic carbocycles. The maximum atomic E-state index is 9.06. The first-order valence-corrected chi connectivity index (χ1v) is 10.5. The van der Waals surface area contributed by atoms with E-state index in [1.54, 1.807) is 7.11 Å². The molecule has 0 bridgehead atoms. The summed E-state index contributed by atoms with van der Waals surface area (Å²) in [6.45, 7) is 5.47. The number of aromatic nitrogens is 1. The van der Waals surface area contributed by atoms with Crippen LogP contribution < -0.4 is 10.1 Å². The number of rotatable bonds is 5. The number of nitrogens with one attached hydrogen (secondary N) is 1. The summed E-state index contributed by atoms with van der Waals surface area (Å²) in [4.78, 5) is 14.7. The lowest BCUT2D eigenvalue weighted by Crippen LogP contribution is -2.52. The van der Waals surface area contributed by atoms with Crippen molar-refractivity contribution in [2.45, 2.75) is 36.6 Å². The zero-order valence-corrected chi connectivity index (χ0v) is 17.5. The van der Waals surface area contributed by atoms with Crippen molar-refractivity contribution in [1.29, 1.82) is 0 Å². The predicted molar refractivity (Wildman–Crippen MR) is 116 cm³/mol. The first-order valence-electron chi connectivity index (χ1n) is 9.73. The minimum atomic E-state index is 0.622. The Balaban J connectivity index is 0.000000516. The molecule has 5 nitrogen and oxygen atoms in total. The lowest BCUT2D eigenvalue weighted by Gasteiger charge is -2.52. The van der Waals surface area contributed by atoms with E-state index in [0.29, 0.717) is 17.6 Å². The summed E-state index contributed by atoms with van der Waals surface area (Å²) >= 11 is 1.89. The van der Waals surface area contributed by atoms with E-state index in [4.69, 9.17) is 9.53 Å². The molecule has 0 unspecified atom stereocenters. The number of ether oxygens (including phenoxy) is 1. The van der Waals surface area contributed by atoms with Crippen LogP contribution in [0.15, 0.2) is 48.0 Å². The van der Waals surface area contributed by atoms with Gasteiger partial charge < -0.3 is 10.1 Å². The SMILES string of the molecule is C=CC=O.CNC1CC2(CCN(Sc3cccc4c(OC)nccc34)CC2)C1. The first-order chi connectivity index (χ1) is 13.6. The monoisotopic (exact) mass is 399 g/mol. The Hall–Kier alpha value is -1.89. The largest absolute Gasteiger partial charge is 0.481 e. The third kappa shape index (κ3) is 4.57. The van der Waals surface area contributed by atoms with Crippen LogP contribution in [0.5, 0.6) is 5.88 Å². The molecule has 2 aromatic rings. The molecule has 1 aromatic heterocycles. The summed E-state index contributed by atoms with van der Waals surface area (Å²) in [5, 5.41) is 5.74. The van der Waals surface area contributed by atoms with E-state index in [2.05, 4.69) is 52.5 Å². The second-order valence-corrected chi connectivity index (χ2v) is 8.60. The van der Waals surface area contributed by atoms with E-state index < -0.39 is 0 Å². The molecule has 1 aliphatic heterocycles. The van der Waals surface area contributed by atoms with E-state index >= 15 is 0 Å². The third-order valence-electron chi connectivity index (χ3n) is 5.80. The zero-order chi connectivity index (χ0) is 20.0. The van der Waals surface area contributed by atoms with Gasteiger partial charge in [0.2, 0.25) is 5.88 Å². The maximum Gasteiger partial charge on any atom is 0.221 e. The molecule has 150 valence electrons. The van der Waals surface area contributed by atoms with Crippen molar-refractivity contribution in [1.82, 2.24) is 14.6 Å². The molecular weight excluding hydrogens is 370 g/mol. The van der Waals surface area contributed by atoms with Crippen LogP contribution in [0, 0.1) is 5.41 Å². The molecule has 1 N–H and O–H groups in total. The summed E-state index contributed by atoms with van der Waals surface area (Å²) in [5.74, 6) is 0.708. The number of carbonyl (C=O) groups is 1. The van der Waals surface area contributed by atoms with Crippen LogP contribution in [0.4, 0.5) is 0 Å². The molecule has 6 heteroatoms. The number of carbonyl (C=O) groups excluding carboxylic acids is 1. The summed E-state index contributed by atoms with van der Waals surface area (Å²) < 4.78 is 7.93. The van der Waals surface area contributed by atoms with Crippen LogP contribution in [0.2, 0.25) is 0 Å². The molecule has 1 spiro atoms. The molecule has 28 heavy (non-hydrogen) atoms. The summed E-state index contributed by atoms with van der Waals surface area (Å²) in [6.07, 6.45) is 9.04. The van der Waals surface area contributed by atoms with Crippen molar-refractivity contribution in [3.05, 3.63) is 43.1 Å². The molecule has 1 saturated carbocycles. The van der Waals surface area contributed by atoms with E-state index in [-0.39, 0.29) is 0 Å². The van der Waals surface area contributed by atoms with Gasteiger partial charge in [0.15, 0.2) is 0 Å². The molecular formula is C22H29N3O2S. The van der Waals surface area contributed by atoms with E-state index in [0.717, 1.165) is 11.4 Å². The Morgan fingerprint density at radius 3 is 2.61 bits per heavy atom. The van der Waals surface area contributed by atoms with Crippen LogP contribution in [0.25, 0.3) is 10.8 Å². The number of pyridine rings is 1. The minimum Gasteiger partial charge on any atom is -0.481 e. The fraction of sp³-hybridized carbons (Fsp3) is 0.455. The Morgan fingerprint density at radius 2 is 2.00 bits per heavy atom. The van der Waals surface area contributed by atoms with Gasteiger partial charge in [0.05, 0.1) is 7.11 Å². The summed E-state index contributed by atoms with van der Waals surface area (Å²) in [6, 6.07) is 9.24. The third-order valence-corrected chi connectivity index (χ3v) is 6.97. The topological polar surface area (TPSA) is 54.5 Å². The predicted octanol–water partition coefficient (Wildman–Crippen LogP) is 4.09. The smallest absolute Gasteiger partial charge is 0.221 e. The number of methoxy groups -OCH3 is 1. The molecule has 0 radical (unpaired) electrons. The van der Waals surface area contributed by atoms with E-state index in [1.807, 2.05) is 18.1 Å². The highest BCUT2D eigenvalue weighted by Gasteiger charge is 2.45. The number of hydrogen-bond donors (Lipinski definition) is 1. The van der Waals surface area contributed by atoms with E-state index in [1.165, 1.54) is 55.1 Å². The van der Waals surface area contributed by atoms with Gasteiger partial charge in [0.1, 0.15) is 6.29 Å². The molecule has 2 heterocycles. The number of piperidine rings is 1. The van der Waals surface area contributed by atoms with Crippen molar-refractivity contribution in [3.8, 4) is 5.88 Å². The Morgan fingerprint density at radius 1 is 1.29 bits per heavy atom. The Labute approximate surface area is 171 Å². The van der Waals surface area contributed by atoms with Crippen molar-refractivity contribution in [2.75, 3.05) is 27.2 Å². The van der Waals surface area contributed by atoms with Gasteiger partial charge in [0, 0.05) is 41.0 Å². The standard InChI is InChI=1S/C19H25N3OS.C3H4O/c1-20-14-12-19(13-14)7-10-22(11-8-19)24-17-5-3-4-16-15(17)6-9-21-18(16)23-2;1-2-3-4/h3-6,9,14,20H,7-8,10-13H2,1-2H3;2-3H,1H2. The number of benzene rings is 1. The Bertz CT molecular complexity index is 805. The van der Waals surface area contributed by atoms with Gasteiger partial charge in [-0.25, -0.2) is 9.29 Å². The van der Waals surface area contributed by atoms with Crippen LogP contribution >= 0.6 is 11.9 Å². The number of fused-ring (bicyclic) bond motifs is 1. The molecule has 4 rings (SSSR count). The maximum absolute atomic E-state index is 9.06. The second-order valence-electron chi connectivity index (χ2n) is 7.46. The van der Waals surface area contributed by atoms with Crippen molar-refractivity contribution >= 4 is 29.0 Å².